The summed E-state index contributed by atoms with van der Waals surface area (Å²) in [6.07, 6.45) is 0. The van der Waals surface area contributed by atoms with E-state index in [1.165, 1.54) is 24.3 Å². The van der Waals surface area contributed by atoms with Gasteiger partial charge in [-0.3, -0.25) is 4.79 Å². The SMILES string of the molecule is N#Cc1ccccc1OCC(=O)N[C@@H](C#N)c1ccc(F)cc1. The number of nitrogens with one attached hydrogen (secondary N) is 1. The summed E-state index contributed by atoms with van der Waals surface area (Å²) in [5, 5.41) is 20.5. The molecule has 0 saturated heterocycles. The molecule has 2 aromatic rings. The highest BCUT2D eigenvalue weighted by molar-refractivity contribution is 5.78. The summed E-state index contributed by atoms with van der Waals surface area (Å²) >= 11 is 0. The van der Waals surface area contributed by atoms with Gasteiger partial charge in [0, 0.05) is 0 Å². The Morgan fingerprint density at radius 2 is 1.87 bits per heavy atom. The number of benzene rings is 2. The van der Waals surface area contributed by atoms with E-state index in [0.29, 0.717) is 16.9 Å². The lowest BCUT2D eigenvalue weighted by Gasteiger charge is -2.13. The average Bonchev–Trinajstić information content (AvgIpc) is 2.59. The zero-order valence-electron chi connectivity index (χ0n) is 12.0. The Balaban J connectivity index is 1.97. The Kier molecular flexibility index (Phi) is 5.27. The van der Waals surface area contributed by atoms with Crippen LogP contribution in [0.5, 0.6) is 5.75 Å². The van der Waals surface area contributed by atoms with Crippen LogP contribution in [0, 0.1) is 28.5 Å². The zero-order valence-corrected chi connectivity index (χ0v) is 12.0. The monoisotopic (exact) mass is 309 g/mol. The number of nitriles is 2. The molecule has 0 unspecified atom stereocenters. The first kappa shape index (κ1) is 16.0. The largest absolute Gasteiger partial charge is 0.482 e. The molecule has 114 valence electrons. The normalized spacial score (nSPS) is 10.9. The molecule has 0 saturated carbocycles. The number of para-hydroxylation sites is 1. The molecule has 2 rings (SSSR count). The Bertz CT molecular complexity index is 776. The Morgan fingerprint density at radius 3 is 2.52 bits per heavy atom. The molecule has 2 aromatic carbocycles. The van der Waals surface area contributed by atoms with Crippen molar-refractivity contribution >= 4 is 5.91 Å². The van der Waals surface area contributed by atoms with Crippen molar-refractivity contribution in [2.75, 3.05) is 6.61 Å². The van der Waals surface area contributed by atoms with Crippen LogP contribution in [0.15, 0.2) is 48.5 Å². The van der Waals surface area contributed by atoms with Gasteiger partial charge in [0.15, 0.2) is 6.61 Å². The number of amides is 1. The molecular weight excluding hydrogens is 297 g/mol. The number of carbonyl (C=O) groups is 1. The van der Waals surface area contributed by atoms with E-state index in [1.807, 2.05) is 12.1 Å². The van der Waals surface area contributed by atoms with Gasteiger partial charge in [-0.15, -0.1) is 0 Å². The van der Waals surface area contributed by atoms with E-state index in [2.05, 4.69) is 5.32 Å². The van der Waals surface area contributed by atoms with Crippen LogP contribution >= 0.6 is 0 Å². The molecular formula is C17H12FN3O2. The second-order valence-electron chi connectivity index (χ2n) is 4.58. The lowest BCUT2D eigenvalue weighted by Crippen LogP contribution is -2.32. The molecule has 0 heterocycles. The van der Waals surface area contributed by atoms with Crippen molar-refractivity contribution in [2.45, 2.75) is 6.04 Å². The molecule has 1 amide bonds. The Labute approximate surface area is 132 Å². The van der Waals surface area contributed by atoms with E-state index < -0.39 is 17.8 Å². The topological polar surface area (TPSA) is 85.9 Å². The van der Waals surface area contributed by atoms with Gasteiger partial charge in [-0.1, -0.05) is 24.3 Å². The molecule has 23 heavy (non-hydrogen) atoms. The molecule has 1 atom stereocenters. The van der Waals surface area contributed by atoms with Crippen molar-refractivity contribution in [3.8, 4) is 17.9 Å². The van der Waals surface area contributed by atoms with Crippen LogP contribution in [0.25, 0.3) is 0 Å². The summed E-state index contributed by atoms with van der Waals surface area (Å²) in [6.45, 7) is -0.335. The minimum absolute atomic E-state index is 0.292. The highest BCUT2D eigenvalue weighted by atomic mass is 19.1. The molecule has 0 aliphatic carbocycles. The van der Waals surface area contributed by atoms with Gasteiger partial charge in [0.05, 0.1) is 11.6 Å². The number of nitrogens with zero attached hydrogens (tertiary/aromatic N) is 2. The van der Waals surface area contributed by atoms with Crippen LogP contribution in [-0.2, 0) is 4.79 Å². The molecule has 0 bridgehead atoms. The lowest BCUT2D eigenvalue weighted by molar-refractivity contribution is -0.123. The van der Waals surface area contributed by atoms with Gasteiger partial charge < -0.3 is 10.1 Å². The van der Waals surface area contributed by atoms with E-state index in [1.54, 1.807) is 24.3 Å². The van der Waals surface area contributed by atoms with Crippen molar-refractivity contribution < 1.29 is 13.9 Å². The lowest BCUT2D eigenvalue weighted by atomic mass is 10.1. The predicted molar refractivity (Wildman–Crippen MR) is 79.5 cm³/mol. The van der Waals surface area contributed by atoms with Crippen LogP contribution in [0.3, 0.4) is 0 Å². The van der Waals surface area contributed by atoms with Gasteiger partial charge in [-0.2, -0.15) is 10.5 Å². The second-order valence-corrected chi connectivity index (χ2v) is 4.58. The summed E-state index contributed by atoms with van der Waals surface area (Å²) in [6, 6.07) is 14.8. The molecule has 0 aromatic heterocycles. The van der Waals surface area contributed by atoms with E-state index >= 15 is 0 Å². The van der Waals surface area contributed by atoms with Gasteiger partial charge in [-0.05, 0) is 29.8 Å². The predicted octanol–water partition coefficient (Wildman–Crippen LogP) is 2.46. The zero-order chi connectivity index (χ0) is 16.7. The van der Waals surface area contributed by atoms with Crippen molar-refractivity contribution in [3.63, 3.8) is 0 Å². The maximum atomic E-state index is 12.9. The van der Waals surface area contributed by atoms with E-state index in [-0.39, 0.29) is 6.61 Å². The summed E-state index contributed by atoms with van der Waals surface area (Å²) in [4.78, 5) is 11.9. The third kappa shape index (κ3) is 4.29. The first-order valence-corrected chi connectivity index (χ1v) is 6.70. The smallest absolute Gasteiger partial charge is 0.259 e. The molecule has 0 fully saturated rings. The average molecular weight is 309 g/mol. The van der Waals surface area contributed by atoms with Gasteiger partial charge in [0.25, 0.3) is 5.91 Å². The summed E-state index contributed by atoms with van der Waals surface area (Å²) in [5.41, 5.74) is 0.787. The van der Waals surface area contributed by atoms with Gasteiger partial charge >= 0.3 is 0 Å². The van der Waals surface area contributed by atoms with E-state index in [4.69, 9.17) is 15.3 Å². The number of hydrogen-bond donors (Lipinski definition) is 1. The minimum Gasteiger partial charge on any atom is -0.482 e. The van der Waals surface area contributed by atoms with Gasteiger partial charge in [-0.25, -0.2) is 4.39 Å². The van der Waals surface area contributed by atoms with Gasteiger partial charge in [0.1, 0.15) is 23.7 Å². The molecule has 5 nitrogen and oxygen atoms in total. The standard InChI is InChI=1S/C17H12FN3O2/c18-14-7-5-12(6-8-14)15(10-20)21-17(22)11-23-16-4-2-1-3-13(16)9-19/h1-8,15H,11H2,(H,21,22)/t15-/m0/s1. The molecule has 6 heteroatoms. The van der Waals surface area contributed by atoms with Crippen molar-refractivity contribution in [2.24, 2.45) is 0 Å². The summed E-state index contributed by atoms with van der Waals surface area (Å²) in [5.74, 6) is -0.651. The Hall–Kier alpha value is -3.38. The number of halogens is 1. The fourth-order valence-corrected chi connectivity index (χ4v) is 1.88. The third-order valence-electron chi connectivity index (χ3n) is 3.00. The highest BCUT2D eigenvalue weighted by Gasteiger charge is 2.14. The number of rotatable bonds is 5. The van der Waals surface area contributed by atoms with E-state index in [9.17, 15) is 9.18 Å². The maximum Gasteiger partial charge on any atom is 0.259 e. The van der Waals surface area contributed by atoms with Crippen LogP contribution in [0.2, 0.25) is 0 Å². The number of ether oxygens (including phenoxy) is 1. The molecule has 0 aliphatic rings. The molecule has 0 spiro atoms. The summed E-state index contributed by atoms with van der Waals surface area (Å²) < 4.78 is 18.2. The first-order chi connectivity index (χ1) is 11.1. The highest BCUT2D eigenvalue weighted by Crippen LogP contribution is 2.17. The third-order valence-corrected chi connectivity index (χ3v) is 3.00. The van der Waals surface area contributed by atoms with Crippen LogP contribution < -0.4 is 10.1 Å². The Morgan fingerprint density at radius 1 is 1.17 bits per heavy atom. The number of carbonyl (C=O) groups excluding carboxylic acids is 1. The fraction of sp³-hybridized carbons (Fsp3) is 0.118. The van der Waals surface area contributed by atoms with Crippen LogP contribution in [0.1, 0.15) is 17.2 Å². The van der Waals surface area contributed by atoms with Crippen molar-refractivity contribution in [1.29, 1.82) is 10.5 Å². The van der Waals surface area contributed by atoms with Crippen LogP contribution in [0.4, 0.5) is 4.39 Å². The molecule has 1 N–H and O–H groups in total. The quantitative estimate of drug-likeness (QED) is 0.919. The van der Waals surface area contributed by atoms with Crippen LogP contribution in [-0.4, -0.2) is 12.5 Å². The van der Waals surface area contributed by atoms with Crippen molar-refractivity contribution in [1.82, 2.24) is 5.32 Å². The molecule has 0 radical (unpaired) electrons. The maximum absolute atomic E-state index is 12.9. The molecule has 0 aliphatic heterocycles. The fourth-order valence-electron chi connectivity index (χ4n) is 1.88. The first-order valence-electron chi connectivity index (χ1n) is 6.70. The minimum atomic E-state index is -0.905. The van der Waals surface area contributed by atoms with E-state index in [0.717, 1.165) is 0 Å². The van der Waals surface area contributed by atoms with Gasteiger partial charge in [0.2, 0.25) is 0 Å². The van der Waals surface area contributed by atoms with Crippen molar-refractivity contribution in [3.05, 3.63) is 65.5 Å². The summed E-state index contributed by atoms with van der Waals surface area (Å²) in [7, 11) is 0. The second kappa shape index (κ2) is 7.58. The number of hydrogen-bond acceptors (Lipinski definition) is 4.